The lowest BCUT2D eigenvalue weighted by Crippen LogP contribution is -2.41. The van der Waals surface area contributed by atoms with Crippen molar-refractivity contribution in [2.24, 2.45) is 5.92 Å². The van der Waals surface area contributed by atoms with Crippen LogP contribution in [0.2, 0.25) is 0 Å². The van der Waals surface area contributed by atoms with Gasteiger partial charge in [0, 0.05) is 4.83 Å². The zero-order valence-electron chi connectivity index (χ0n) is 7.81. The van der Waals surface area contributed by atoms with E-state index in [-0.39, 0.29) is 4.83 Å². The first-order valence-electron chi connectivity index (χ1n) is 4.45. The van der Waals surface area contributed by atoms with Crippen LogP contribution in [0.3, 0.4) is 0 Å². The lowest BCUT2D eigenvalue weighted by atomic mass is 9.77. The van der Waals surface area contributed by atoms with Crippen LogP contribution in [0.15, 0.2) is 12.2 Å². The monoisotopic (exact) mass is 232 g/mol. The Labute approximate surface area is 83.0 Å². The fourth-order valence-electron chi connectivity index (χ4n) is 1.69. The van der Waals surface area contributed by atoms with Crippen molar-refractivity contribution in [3.8, 4) is 0 Å². The third kappa shape index (κ3) is 2.11. The highest BCUT2D eigenvalue weighted by Gasteiger charge is 2.36. The molecule has 0 aliphatic heterocycles. The predicted molar refractivity (Wildman–Crippen MR) is 55.5 cm³/mol. The number of hydrogen-bond acceptors (Lipinski definition) is 1. The van der Waals surface area contributed by atoms with Crippen molar-refractivity contribution in [1.29, 1.82) is 0 Å². The van der Waals surface area contributed by atoms with Gasteiger partial charge in [0.15, 0.2) is 0 Å². The van der Waals surface area contributed by atoms with Crippen molar-refractivity contribution in [2.45, 2.75) is 43.5 Å². The maximum Gasteiger partial charge on any atom is 0.0744 e. The maximum atomic E-state index is 9.87. The van der Waals surface area contributed by atoms with Crippen molar-refractivity contribution in [3.63, 3.8) is 0 Å². The Hall–Kier alpha value is 0.180. The minimum Gasteiger partial charge on any atom is -0.389 e. The lowest BCUT2D eigenvalue weighted by Gasteiger charge is -2.38. The fraction of sp³-hybridized carbons (Fsp3) is 0.800. The molecule has 1 aliphatic rings. The van der Waals surface area contributed by atoms with Gasteiger partial charge in [-0.3, -0.25) is 0 Å². The van der Waals surface area contributed by atoms with Gasteiger partial charge in [-0.05, 0) is 39.0 Å². The maximum absolute atomic E-state index is 9.87. The molecule has 2 heteroatoms. The summed E-state index contributed by atoms with van der Waals surface area (Å²) in [6.45, 7) is 7.94. The van der Waals surface area contributed by atoms with Crippen molar-refractivity contribution in [3.05, 3.63) is 12.2 Å². The highest BCUT2D eigenvalue weighted by molar-refractivity contribution is 9.09. The van der Waals surface area contributed by atoms with Crippen LogP contribution in [-0.4, -0.2) is 15.5 Å². The van der Waals surface area contributed by atoms with Gasteiger partial charge in [0.2, 0.25) is 0 Å². The highest BCUT2D eigenvalue weighted by Crippen LogP contribution is 2.38. The first-order chi connectivity index (χ1) is 5.43. The molecule has 0 saturated heterocycles. The Morgan fingerprint density at radius 3 is 2.67 bits per heavy atom. The number of aliphatic hydroxyl groups is 1. The van der Waals surface area contributed by atoms with Gasteiger partial charge < -0.3 is 5.11 Å². The van der Waals surface area contributed by atoms with Crippen LogP contribution in [-0.2, 0) is 0 Å². The molecule has 0 aromatic rings. The molecule has 1 N–H and O–H groups in total. The lowest BCUT2D eigenvalue weighted by molar-refractivity contribution is 0.0215. The Morgan fingerprint density at radius 1 is 1.67 bits per heavy atom. The number of rotatable bonds is 1. The van der Waals surface area contributed by atoms with E-state index in [1.165, 1.54) is 5.57 Å². The molecule has 0 aromatic carbocycles. The summed E-state index contributed by atoms with van der Waals surface area (Å²) < 4.78 is 0. The molecule has 1 aliphatic carbocycles. The minimum atomic E-state index is -0.522. The van der Waals surface area contributed by atoms with Gasteiger partial charge >= 0.3 is 0 Å². The standard InChI is InChI=1S/C10H17BrO/c1-7(2)8-4-5-10(3,12)9(11)6-8/h8-9,12H,1,4-6H2,2-3H3/t8-,9+,10+/m1/s1. The summed E-state index contributed by atoms with van der Waals surface area (Å²) in [6, 6.07) is 0. The number of hydrogen-bond donors (Lipinski definition) is 1. The van der Waals surface area contributed by atoms with Gasteiger partial charge in [-0.15, -0.1) is 0 Å². The zero-order chi connectivity index (χ0) is 9.35. The Bertz CT molecular complexity index is 186. The van der Waals surface area contributed by atoms with E-state index in [4.69, 9.17) is 0 Å². The predicted octanol–water partition coefficient (Wildman–Crippen LogP) is 2.88. The van der Waals surface area contributed by atoms with E-state index in [2.05, 4.69) is 29.4 Å². The molecule has 1 fully saturated rings. The molecule has 1 saturated carbocycles. The fourth-order valence-corrected chi connectivity index (χ4v) is 2.37. The summed E-state index contributed by atoms with van der Waals surface area (Å²) in [5, 5.41) is 9.87. The summed E-state index contributed by atoms with van der Waals surface area (Å²) in [5.74, 6) is 0.592. The second-order valence-electron chi connectivity index (χ2n) is 4.14. The van der Waals surface area contributed by atoms with Gasteiger partial charge in [-0.1, -0.05) is 28.1 Å². The highest BCUT2D eigenvalue weighted by atomic mass is 79.9. The van der Waals surface area contributed by atoms with Crippen LogP contribution in [0.4, 0.5) is 0 Å². The normalized spacial score (nSPS) is 42.7. The van der Waals surface area contributed by atoms with Crippen molar-refractivity contribution >= 4 is 15.9 Å². The number of halogens is 1. The van der Waals surface area contributed by atoms with Crippen LogP contribution in [0.25, 0.3) is 0 Å². The molecule has 0 amide bonds. The molecule has 1 rings (SSSR count). The minimum absolute atomic E-state index is 0.223. The van der Waals surface area contributed by atoms with Gasteiger partial charge in [-0.25, -0.2) is 0 Å². The SMILES string of the molecule is C=C(C)[C@@H]1CC[C@](C)(O)[C@@H](Br)C1. The van der Waals surface area contributed by atoms with E-state index in [0.717, 1.165) is 19.3 Å². The molecule has 3 atom stereocenters. The zero-order valence-corrected chi connectivity index (χ0v) is 9.39. The molecular formula is C10H17BrO. The summed E-state index contributed by atoms with van der Waals surface area (Å²) in [7, 11) is 0. The van der Waals surface area contributed by atoms with E-state index >= 15 is 0 Å². The summed E-state index contributed by atoms with van der Waals surface area (Å²) in [5.41, 5.74) is 0.723. The molecule has 70 valence electrons. The number of allylic oxidation sites excluding steroid dienone is 1. The van der Waals surface area contributed by atoms with Crippen LogP contribution in [0, 0.1) is 5.92 Å². The first-order valence-corrected chi connectivity index (χ1v) is 5.37. The average Bonchev–Trinajstić information content (AvgIpc) is 1.94. The van der Waals surface area contributed by atoms with Gasteiger partial charge in [0.25, 0.3) is 0 Å². The van der Waals surface area contributed by atoms with Gasteiger partial charge in [-0.2, -0.15) is 0 Å². The van der Waals surface area contributed by atoms with E-state index in [0.29, 0.717) is 5.92 Å². The van der Waals surface area contributed by atoms with Crippen LogP contribution < -0.4 is 0 Å². The van der Waals surface area contributed by atoms with Crippen molar-refractivity contribution < 1.29 is 5.11 Å². The smallest absolute Gasteiger partial charge is 0.0744 e. The summed E-state index contributed by atoms with van der Waals surface area (Å²) >= 11 is 3.53. The Balaban J connectivity index is 2.58. The summed E-state index contributed by atoms with van der Waals surface area (Å²) in [6.07, 6.45) is 2.97. The molecule has 0 unspecified atom stereocenters. The van der Waals surface area contributed by atoms with Crippen LogP contribution in [0.1, 0.15) is 33.1 Å². The second-order valence-corrected chi connectivity index (χ2v) is 5.25. The van der Waals surface area contributed by atoms with E-state index in [1.54, 1.807) is 0 Å². The van der Waals surface area contributed by atoms with E-state index < -0.39 is 5.60 Å². The molecule has 12 heavy (non-hydrogen) atoms. The third-order valence-corrected chi connectivity index (χ3v) is 4.22. The van der Waals surface area contributed by atoms with Crippen LogP contribution >= 0.6 is 15.9 Å². The topological polar surface area (TPSA) is 20.2 Å². The first kappa shape index (κ1) is 10.3. The Morgan fingerprint density at radius 2 is 2.25 bits per heavy atom. The van der Waals surface area contributed by atoms with Gasteiger partial charge in [0.1, 0.15) is 0 Å². The Kier molecular flexibility index (Phi) is 3.00. The number of alkyl halides is 1. The average molecular weight is 233 g/mol. The molecule has 1 nitrogen and oxygen atoms in total. The quantitative estimate of drug-likeness (QED) is 0.545. The molecule has 0 bridgehead atoms. The third-order valence-electron chi connectivity index (χ3n) is 2.86. The molecule has 0 radical (unpaired) electrons. The molecular weight excluding hydrogens is 216 g/mol. The van der Waals surface area contributed by atoms with Crippen molar-refractivity contribution in [1.82, 2.24) is 0 Å². The van der Waals surface area contributed by atoms with E-state index in [9.17, 15) is 5.11 Å². The second kappa shape index (κ2) is 3.51. The van der Waals surface area contributed by atoms with Crippen molar-refractivity contribution in [2.75, 3.05) is 0 Å². The van der Waals surface area contributed by atoms with Crippen LogP contribution in [0.5, 0.6) is 0 Å². The van der Waals surface area contributed by atoms with E-state index in [1.807, 2.05) is 6.92 Å². The molecule has 0 aromatic heterocycles. The summed E-state index contributed by atoms with van der Waals surface area (Å²) in [4.78, 5) is 0.223. The molecule has 0 spiro atoms. The molecule has 0 heterocycles. The largest absolute Gasteiger partial charge is 0.389 e. The van der Waals surface area contributed by atoms with Gasteiger partial charge in [0.05, 0.1) is 5.60 Å².